The number of anilines is 1. The lowest BCUT2D eigenvalue weighted by molar-refractivity contribution is -0.105. The van der Waals surface area contributed by atoms with Gasteiger partial charge in [-0.05, 0) is 30.1 Å². The van der Waals surface area contributed by atoms with Gasteiger partial charge in [0.05, 0.1) is 12.8 Å². The smallest absolute Gasteiger partial charge is 0.211 e. The number of nitrogens with zero attached hydrogens (tertiary/aromatic N) is 1. The molecule has 4 nitrogen and oxygen atoms in total. The minimum atomic E-state index is 0.656. The van der Waals surface area contributed by atoms with Gasteiger partial charge in [-0.2, -0.15) is 0 Å². The minimum absolute atomic E-state index is 0.656. The highest BCUT2D eigenvalue weighted by Gasteiger charge is 2.07. The fourth-order valence-corrected chi connectivity index (χ4v) is 2.63. The Kier molecular flexibility index (Phi) is 12.7. The van der Waals surface area contributed by atoms with E-state index in [0.29, 0.717) is 17.8 Å². The van der Waals surface area contributed by atoms with E-state index in [1.54, 1.807) is 19.1 Å². The molecule has 1 aromatic carbocycles. The van der Waals surface area contributed by atoms with Gasteiger partial charge in [0.25, 0.3) is 0 Å². The van der Waals surface area contributed by atoms with Crippen LogP contribution in [0.1, 0.15) is 47.0 Å². The molecule has 0 aliphatic heterocycles. The maximum Gasteiger partial charge on any atom is 0.211 e. The Bertz CT molecular complexity index is 408. The van der Waals surface area contributed by atoms with Crippen LogP contribution in [0.2, 0.25) is 0 Å². The fourth-order valence-electron chi connectivity index (χ4n) is 1.78. The molecule has 0 fully saturated rings. The van der Waals surface area contributed by atoms with E-state index in [1.807, 2.05) is 18.2 Å². The van der Waals surface area contributed by atoms with Gasteiger partial charge in [-0.1, -0.05) is 47.0 Å². The van der Waals surface area contributed by atoms with Crippen LogP contribution in [0.3, 0.4) is 0 Å². The normalized spacial score (nSPS) is 9.91. The van der Waals surface area contributed by atoms with Gasteiger partial charge in [-0.25, -0.2) is 4.31 Å². The lowest BCUT2D eigenvalue weighted by Crippen LogP contribution is -2.13. The van der Waals surface area contributed by atoms with Crippen LogP contribution in [-0.4, -0.2) is 30.9 Å². The molecule has 1 amide bonds. The van der Waals surface area contributed by atoms with Gasteiger partial charge in [0, 0.05) is 18.0 Å². The zero-order chi connectivity index (χ0) is 16.8. The zero-order valence-corrected chi connectivity index (χ0v) is 15.3. The van der Waals surface area contributed by atoms with E-state index in [-0.39, 0.29) is 0 Å². The molecule has 0 saturated heterocycles. The van der Waals surface area contributed by atoms with Gasteiger partial charge in [-0.15, -0.1) is 0 Å². The number of rotatable bonds is 9. The Balaban J connectivity index is 0.000000763. The largest absolute Gasteiger partial charge is 0.495 e. The summed E-state index contributed by atoms with van der Waals surface area (Å²) in [5.74, 6) is 0.668. The van der Waals surface area contributed by atoms with Crippen molar-refractivity contribution in [2.24, 2.45) is 0 Å². The molecule has 0 aliphatic rings. The van der Waals surface area contributed by atoms with Gasteiger partial charge in [0.1, 0.15) is 5.75 Å². The molecule has 5 heteroatoms. The minimum Gasteiger partial charge on any atom is -0.495 e. The average molecular weight is 327 g/mol. The molecule has 0 saturated carbocycles. The van der Waals surface area contributed by atoms with Crippen molar-refractivity contribution in [2.75, 3.05) is 25.5 Å². The summed E-state index contributed by atoms with van der Waals surface area (Å²) in [5, 5.41) is 2.64. The van der Waals surface area contributed by atoms with Crippen LogP contribution < -0.4 is 10.1 Å². The SMILES string of the molecule is CCCCC.CCN(CC)Sc1ccc(OC)c(NC=O)c1. The molecule has 1 rings (SSSR count). The first-order valence-electron chi connectivity index (χ1n) is 7.97. The van der Waals surface area contributed by atoms with Crippen molar-refractivity contribution < 1.29 is 9.53 Å². The Labute approximate surface area is 139 Å². The first-order valence-corrected chi connectivity index (χ1v) is 8.75. The van der Waals surface area contributed by atoms with Crippen molar-refractivity contribution in [2.45, 2.75) is 51.9 Å². The molecule has 0 bridgehead atoms. The summed E-state index contributed by atoms with van der Waals surface area (Å²) in [6, 6.07) is 5.76. The molecule has 0 unspecified atom stereocenters. The molecule has 0 heterocycles. The highest BCUT2D eigenvalue weighted by atomic mass is 32.2. The van der Waals surface area contributed by atoms with E-state index in [4.69, 9.17) is 4.74 Å². The molecule has 1 aromatic rings. The van der Waals surface area contributed by atoms with Crippen molar-refractivity contribution in [3.8, 4) is 5.75 Å². The number of amides is 1. The molecule has 22 heavy (non-hydrogen) atoms. The van der Waals surface area contributed by atoms with Gasteiger partial charge in [0.15, 0.2) is 0 Å². The van der Waals surface area contributed by atoms with Crippen LogP contribution in [0.25, 0.3) is 0 Å². The van der Waals surface area contributed by atoms with E-state index in [9.17, 15) is 4.79 Å². The van der Waals surface area contributed by atoms with Gasteiger partial charge >= 0.3 is 0 Å². The molecule has 1 N–H and O–H groups in total. The monoisotopic (exact) mass is 326 g/mol. The van der Waals surface area contributed by atoms with Crippen LogP contribution in [0.4, 0.5) is 5.69 Å². The van der Waals surface area contributed by atoms with Crippen LogP contribution in [-0.2, 0) is 4.79 Å². The van der Waals surface area contributed by atoms with Crippen LogP contribution in [0.15, 0.2) is 23.1 Å². The second-order valence-electron chi connectivity index (χ2n) is 4.68. The molecule has 0 spiro atoms. The first kappa shape index (κ1) is 20.8. The van der Waals surface area contributed by atoms with Gasteiger partial charge < -0.3 is 10.1 Å². The standard InChI is InChI=1S/C12H18N2O2S.C5H12/c1-4-14(5-2)17-10-6-7-12(16-3)11(8-10)13-9-15;1-3-5-4-2/h6-9H,4-5H2,1-3H3,(H,13,15);3-5H2,1-2H3. The predicted molar refractivity (Wildman–Crippen MR) is 96.7 cm³/mol. The van der Waals surface area contributed by atoms with Crippen LogP contribution in [0.5, 0.6) is 5.75 Å². The Morgan fingerprint density at radius 2 is 1.82 bits per heavy atom. The average Bonchev–Trinajstić information content (AvgIpc) is 2.54. The molecular formula is C17H30N2O2S. The van der Waals surface area contributed by atoms with Crippen LogP contribution in [0, 0.1) is 0 Å². The van der Waals surface area contributed by atoms with Crippen molar-refractivity contribution >= 4 is 24.0 Å². The third-order valence-electron chi connectivity index (χ3n) is 3.03. The number of methoxy groups -OCH3 is 1. The highest BCUT2D eigenvalue weighted by Crippen LogP contribution is 2.31. The topological polar surface area (TPSA) is 41.6 Å². The van der Waals surface area contributed by atoms with E-state index in [1.165, 1.54) is 19.3 Å². The fraction of sp³-hybridized carbons (Fsp3) is 0.588. The summed E-state index contributed by atoms with van der Waals surface area (Å²) >= 11 is 1.67. The summed E-state index contributed by atoms with van der Waals surface area (Å²) in [4.78, 5) is 11.6. The van der Waals surface area contributed by atoms with E-state index in [2.05, 4.69) is 37.3 Å². The number of carbonyl (C=O) groups is 1. The predicted octanol–water partition coefficient (Wildman–Crippen LogP) is 4.81. The lowest BCUT2D eigenvalue weighted by atomic mass is 10.3. The molecule has 0 aliphatic carbocycles. The quantitative estimate of drug-likeness (QED) is 0.522. The summed E-state index contributed by atoms with van der Waals surface area (Å²) in [6.45, 7) is 10.6. The van der Waals surface area contributed by atoms with Crippen LogP contribution >= 0.6 is 11.9 Å². The van der Waals surface area contributed by atoms with Crippen molar-refractivity contribution in [1.29, 1.82) is 0 Å². The van der Waals surface area contributed by atoms with Crippen molar-refractivity contribution in [3.63, 3.8) is 0 Å². The summed E-state index contributed by atoms with van der Waals surface area (Å²) in [7, 11) is 1.59. The molecule has 0 radical (unpaired) electrons. The molecule has 0 aromatic heterocycles. The molecule has 0 atom stereocenters. The van der Waals surface area contributed by atoms with Gasteiger partial charge in [0.2, 0.25) is 6.41 Å². The number of carbonyl (C=O) groups excluding carboxylic acids is 1. The van der Waals surface area contributed by atoms with Gasteiger partial charge in [-0.3, -0.25) is 4.79 Å². The molecule has 126 valence electrons. The number of benzene rings is 1. The first-order chi connectivity index (χ1) is 10.7. The Morgan fingerprint density at radius 3 is 2.23 bits per heavy atom. The second-order valence-corrected chi connectivity index (χ2v) is 5.85. The maximum atomic E-state index is 10.5. The Hall–Kier alpha value is -1.20. The second kappa shape index (κ2) is 13.5. The maximum absolute atomic E-state index is 10.5. The highest BCUT2D eigenvalue weighted by molar-refractivity contribution is 7.97. The summed E-state index contributed by atoms with van der Waals surface area (Å²) in [5.41, 5.74) is 0.694. The summed E-state index contributed by atoms with van der Waals surface area (Å²) < 4.78 is 7.39. The van der Waals surface area contributed by atoms with E-state index >= 15 is 0 Å². The van der Waals surface area contributed by atoms with Crippen molar-refractivity contribution in [3.05, 3.63) is 18.2 Å². The number of ether oxygens (including phenoxy) is 1. The molecular weight excluding hydrogens is 296 g/mol. The number of unbranched alkanes of at least 4 members (excludes halogenated alkanes) is 2. The van der Waals surface area contributed by atoms with E-state index in [0.717, 1.165) is 18.0 Å². The number of hydrogen-bond donors (Lipinski definition) is 1. The third kappa shape index (κ3) is 8.29. The third-order valence-corrected chi connectivity index (χ3v) is 4.27. The number of nitrogens with one attached hydrogen (secondary N) is 1. The zero-order valence-electron chi connectivity index (χ0n) is 14.5. The van der Waals surface area contributed by atoms with Crippen molar-refractivity contribution in [1.82, 2.24) is 4.31 Å². The lowest BCUT2D eigenvalue weighted by Gasteiger charge is -2.17. The number of hydrogen-bond acceptors (Lipinski definition) is 4. The summed E-state index contributed by atoms with van der Waals surface area (Å²) in [6.07, 6.45) is 4.73. The Morgan fingerprint density at radius 1 is 1.18 bits per heavy atom. The van der Waals surface area contributed by atoms with E-state index < -0.39 is 0 Å².